The predicted octanol–water partition coefficient (Wildman–Crippen LogP) is -0.265. The van der Waals surface area contributed by atoms with Crippen LogP contribution in [0.1, 0.15) is 5.69 Å². The van der Waals surface area contributed by atoms with Gasteiger partial charge in [0, 0.05) is 12.1 Å². The molecule has 1 aromatic rings. The molecule has 0 bridgehead atoms. The van der Waals surface area contributed by atoms with Crippen LogP contribution in [0.25, 0.3) is 0 Å². The van der Waals surface area contributed by atoms with Gasteiger partial charge in [-0.15, -0.1) is 0 Å². The summed E-state index contributed by atoms with van der Waals surface area (Å²) in [6.45, 7) is 0. The number of hydrogen-bond acceptors (Lipinski definition) is 2. The molecule has 9 heteroatoms. The van der Waals surface area contributed by atoms with Gasteiger partial charge in [0.25, 0.3) is 0 Å². The predicted molar refractivity (Wildman–Crippen MR) is 59.2 cm³/mol. The van der Waals surface area contributed by atoms with E-state index in [2.05, 4.69) is 0 Å². The van der Waals surface area contributed by atoms with Crippen LogP contribution in [0.2, 0.25) is 0 Å². The van der Waals surface area contributed by atoms with Crippen LogP contribution in [-0.2, 0) is 22.6 Å². The largest absolute Gasteiger partial charge is 0.341 e. The van der Waals surface area contributed by atoms with Gasteiger partial charge in [0.1, 0.15) is 7.05 Å². The van der Waals surface area contributed by atoms with Gasteiger partial charge in [0.15, 0.2) is 17.3 Å². The Kier molecular flexibility index (Phi) is 4.25. The molecule has 7 nitrogen and oxygen atoms in total. The van der Waals surface area contributed by atoms with E-state index >= 15 is 0 Å². The van der Waals surface area contributed by atoms with E-state index in [1.54, 1.807) is 36.0 Å². The highest BCUT2D eigenvalue weighted by atomic mass is 31.2. The number of hydrogen-bond donors (Lipinski definition) is 4. The first-order valence-corrected chi connectivity index (χ1v) is 8.02. The molecule has 0 atom stereocenters. The second-order valence-electron chi connectivity index (χ2n) is 3.67. The summed E-state index contributed by atoms with van der Waals surface area (Å²) < 4.78 is 23.7. The summed E-state index contributed by atoms with van der Waals surface area (Å²) in [6.07, 6.45) is 1.25. The molecule has 0 fully saturated rings. The Bertz CT molecular complexity index is 471. The Morgan fingerprint density at radius 2 is 1.71 bits per heavy atom. The molecule has 0 aliphatic heterocycles. The molecule has 0 radical (unpaired) electrons. The standard InChI is InChI=1S/C8H13NO6P2/c1-9-5-3-2-4-7(9)6-8(16(10,11)12)17(13,14)15/h2-5,8H,6H2,1H3,(H3-,10,11,12,13,14,15)/p+1. The number of aromatic nitrogens is 1. The van der Waals surface area contributed by atoms with Crippen LogP contribution in [0.5, 0.6) is 0 Å². The van der Waals surface area contributed by atoms with Crippen molar-refractivity contribution in [3.63, 3.8) is 0 Å². The van der Waals surface area contributed by atoms with E-state index in [-0.39, 0.29) is 6.42 Å². The van der Waals surface area contributed by atoms with Crippen molar-refractivity contribution in [1.29, 1.82) is 0 Å². The number of rotatable bonds is 4. The average molecular weight is 282 g/mol. The van der Waals surface area contributed by atoms with Gasteiger partial charge < -0.3 is 19.6 Å². The molecule has 1 rings (SSSR count). The summed E-state index contributed by atoms with van der Waals surface area (Å²) in [6, 6.07) is 4.89. The van der Waals surface area contributed by atoms with Gasteiger partial charge in [0.05, 0.1) is 6.42 Å². The number of nitrogens with zero attached hydrogens (tertiary/aromatic N) is 1. The zero-order chi connectivity index (χ0) is 13.3. The first kappa shape index (κ1) is 14.5. The lowest BCUT2D eigenvalue weighted by molar-refractivity contribution is -0.679. The molecule has 4 N–H and O–H groups in total. The fraction of sp³-hybridized carbons (Fsp3) is 0.375. The summed E-state index contributed by atoms with van der Waals surface area (Å²) >= 11 is 0. The van der Waals surface area contributed by atoms with Gasteiger partial charge in [-0.3, -0.25) is 9.13 Å². The zero-order valence-electron chi connectivity index (χ0n) is 9.04. The van der Waals surface area contributed by atoms with Crippen LogP contribution < -0.4 is 4.57 Å². The van der Waals surface area contributed by atoms with Crippen LogP contribution in [-0.4, -0.2) is 25.0 Å². The normalized spacial score (nSPS) is 13.1. The highest BCUT2D eigenvalue weighted by Crippen LogP contribution is 2.60. The third-order valence-corrected chi connectivity index (χ3v) is 6.05. The van der Waals surface area contributed by atoms with Gasteiger partial charge in [-0.2, -0.15) is 0 Å². The van der Waals surface area contributed by atoms with Gasteiger partial charge >= 0.3 is 15.2 Å². The van der Waals surface area contributed by atoms with Gasteiger partial charge in [-0.25, -0.2) is 4.57 Å². The van der Waals surface area contributed by atoms with E-state index in [0.717, 1.165) is 0 Å². The Hall–Kier alpha value is -0.550. The van der Waals surface area contributed by atoms with Crippen molar-refractivity contribution in [2.45, 2.75) is 11.8 Å². The molecule has 0 unspecified atom stereocenters. The Labute approximate surface area is 98.1 Å². The van der Waals surface area contributed by atoms with Crippen LogP contribution >= 0.6 is 15.2 Å². The molecule has 0 aliphatic carbocycles. The lowest BCUT2D eigenvalue weighted by Crippen LogP contribution is -2.34. The van der Waals surface area contributed by atoms with Crippen molar-refractivity contribution in [2.24, 2.45) is 7.05 Å². The van der Waals surface area contributed by atoms with Crippen molar-refractivity contribution in [3.8, 4) is 0 Å². The topological polar surface area (TPSA) is 119 Å². The number of pyridine rings is 1. The van der Waals surface area contributed by atoms with Crippen molar-refractivity contribution in [1.82, 2.24) is 0 Å². The summed E-state index contributed by atoms with van der Waals surface area (Å²) in [5.74, 6) is 0. The highest BCUT2D eigenvalue weighted by molar-refractivity contribution is 7.70. The smallest absolute Gasteiger partial charge is 0.324 e. The Morgan fingerprint density at radius 3 is 2.12 bits per heavy atom. The Balaban J connectivity index is 3.09. The van der Waals surface area contributed by atoms with Crippen molar-refractivity contribution in [2.75, 3.05) is 0 Å². The summed E-state index contributed by atoms with van der Waals surface area (Å²) in [5, 5.41) is -2.00. The third-order valence-electron chi connectivity index (χ3n) is 2.33. The zero-order valence-corrected chi connectivity index (χ0v) is 10.8. The molecule has 1 aromatic heterocycles. The molecular formula is C8H14NO6P2+. The van der Waals surface area contributed by atoms with Crippen LogP contribution in [0.4, 0.5) is 0 Å². The average Bonchev–Trinajstić information content (AvgIpc) is 2.12. The molecule has 96 valence electrons. The molecule has 17 heavy (non-hydrogen) atoms. The summed E-state index contributed by atoms with van der Waals surface area (Å²) in [5.41, 5.74) is 0.434. The summed E-state index contributed by atoms with van der Waals surface area (Å²) in [7, 11) is -8.09. The quantitative estimate of drug-likeness (QED) is 0.446. The molecule has 0 aromatic carbocycles. The molecular weight excluding hydrogens is 268 g/mol. The first-order chi connectivity index (χ1) is 7.62. The van der Waals surface area contributed by atoms with E-state index in [1.807, 2.05) is 0 Å². The van der Waals surface area contributed by atoms with Crippen LogP contribution in [0.15, 0.2) is 24.4 Å². The molecule has 0 saturated carbocycles. The van der Waals surface area contributed by atoms with Crippen molar-refractivity contribution >= 4 is 15.2 Å². The summed E-state index contributed by atoms with van der Waals surface area (Å²) in [4.78, 5) is 35.9. The molecule has 1 heterocycles. The van der Waals surface area contributed by atoms with E-state index < -0.39 is 20.6 Å². The third kappa shape index (κ3) is 4.00. The van der Waals surface area contributed by atoms with Gasteiger partial charge in [-0.05, 0) is 0 Å². The molecule has 0 spiro atoms. The second kappa shape index (κ2) is 4.98. The molecule has 0 amide bonds. The van der Waals surface area contributed by atoms with E-state index in [9.17, 15) is 9.13 Å². The minimum absolute atomic E-state index is 0.383. The second-order valence-corrected chi connectivity index (χ2v) is 7.68. The molecule has 0 aliphatic rings. The first-order valence-electron chi connectivity index (χ1n) is 4.66. The Morgan fingerprint density at radius 1 is 1.18 bits per heavy atom. The number of aryl methyl sites for hydroxylation is 1. The van der Waals surface area contributed by atoms with Crippen LogP contribution in [0, 0.1) is 0 Å². The van der Waals surface area contributed by atoms with Gasteiger partial charge in [0.2, 0.25) is 0 Å². The highest BCUT2D eigenvalue weighted by Gasteiger charge is 2.44. The lowest BCUT2D eigenvalue weighted by Gasteiger charge is -2.18. The SMILES string of the molecule is C[n+]1ccccc1CC(P(=O)(O)O)P(=O)(O)O. The van der Waals surface area contributed by atoms with Crippen molar-refractivity contribution in [3.05, 3.63) is 30.1 Å². The van der Waals surface area contributed by atoms with E-state index in [0.29, 0.717) is 5.69 Å². The molecule has 0 saturated heterocycles. The van der Waals surface area contributed by atoms with Crippen molar-refractivity contribution < 1.29 is 33.3 Å². The maximum absolute atomic E-state index is 11.1. The maximum Gasteiger partial charge on any atom is 0.341 e. The minimum atomic E-state index is -4.86. The maximum atomic E-state index is 11.1. The van der Waals surface area contributed by atoms with E-state index in [4.69, 9.17) is 19.6 Å². The van der Waals surface area contributed by atoms with Gasteiger partial charge in [-0.1, -0.05) is 6.07 Å². The van der Waals surface area contributed by atoms with Crippen LogP contribution in [0.3, 0.4) is 0 Å². The fourth-order valence-corrected chi connectivity index (χ4v) is 3.81. The lowest BCUT2D eigenvalue weighted by atomic mass is 10.3. The fourth-order valence-electron chi connectivity index (χ4n) is 1.39. The van der Waals surface area contributed by atoms with E-state index in [1.165, 1.54) is 0 Å². The minimum Gasteiger partial charge on any atom is -0.324 e. The monoisotopic (exact) mass is 282 g/mol.